The lowest BCUT2D eigenvalue weighted by atomic mass is 9.73. The fraction of sp³-hybridized carbons (Fsp3) is 0.400. The molecule has 0 aliphatic heterocycles. The van der Waals surface area contributed by atoms with Crippen LogP contribution in [0.5, 0.6) is 5.75 Å². The van der Waals surface area contributed by atoms with Gasteiger partial charge in [-0.1, -0.05) is 42.5 Å². The van der Waals surface area contributed by atoms with Crippen LogP contribution in [0.15, 0.2) is 54.6 Å². The van der Waals surface area contributed by atoms with Gasteiger partial charge < -0.3 is 15.6 Å². The summed E-state index contributed by atoms with van der Waals surface area (Å²) in [7, 11) is 0. The third-order valence-electron chi connectivity index (χ3n) is 4.56. The molecular formula is C20H25NO2. The molecule has 0 aromatic heterocycles. The number of hydrogen-bond donors (Lipinski definition) is 2. The molecule has 1 aliphatic rings. The first-order chi connectivity index (χ1) is 10.9. The molecule has 1 saturated carbocycles. The highest BCUT2D eigenvalue weighted by Crippen LogP contribution is 2.39. The molecule has 1 fully saturated rings. The van der Waals surface area contributed by atoms with Gasteiger partial charge in [-0.25, -0.2) is 0 Å². The minimum absolute atomic E-state index is 0.692. The van der Waals surface area contributed by atoms with E-state index in [-0.39, 0.29) is 0 Å². The third kappa shape index (κ3) is 3.26. The monoisotopic (exact) mass is 311 g/mol. The van der Waals surface area contributed by atoms with Crippen molar-refractivity contribution >= 4 is 0 Å². The van der Waals surface area contributed by atoms with E-state index in [1.165, 1.54) is 12.8 Å². The van der Waals surface area contributed by atoms with Gasteiger partial charge in [0.2, 0.25) is 0 Å². The first-order valence-corrected chi connectivity index (χ1v) is 8.21. The zero-order valence-corrected chi connectivity index (χ0v) is 13.8. The maximum atomic E-state index is 11.5. The first-order valence-electron chi connectivity index (χ1n) is 8.21. The van der Waals surface area contributed by atoms with Gasteiger partial charge in [0, 0.05) is 5.54 Å². The normalized spacial score (nSPS) is 17.6. The van der Waals surface area contributed by atoms with Crippen molar-refractivity contribution in [2.75, 3.05) is 6.61 Å². The maximum absolute atomic E-state index is 11.5. The lowest BCUT2D eigenvalue weighted by Crippen LogP contribution is -2.54. The summed E-state index contributed by atoms with van der Waals surface area (Å²) >= 11 is 0. The molecule has 1 atom stereocenters. The van der Waals surface area contributed by atoms with Gasteiger partial charge in [-0.3, -0.25) is 0 Å². The van der Waals surface area contributed by atoms with E-state index in [1.54, 1.807) is 0 Å². The van der Waals surface area contributed by atoms with Crippen LogP contribution in [-0.2, 0) is 5.60 Å². The number of benzene rings is 2. The van der Waals surface area contributed by atoms with Crippen LogP contribution in [0.1, 0.15) is 37.8 Å². The zero-order chi connectivity index (χ0) is 16.5. The summed E-state index contributed by atoms with van der Waals surface area (Å²) in [6.07, 6.45) is 2.51. The molecule has 0 amide bonds. The van der Waals surface area contributed by atoms with Crippen molar-refractivity contribution in [1.82, 2.24) is 0 Å². The molecule has 0 saturated heterocycles. The molecular weight excluding hydrogens is 286 g/mol. The Morgan fingerprint density at radius 2 is 1.70 bits per heavy atom. The van der Waals surface area contributed by atoms with Gasteiger partial charge in [-0.2, -0.15) is 0 Å². The fourth-order valence-electron chi connectivity index (χ4n) is 2.90. The highest BCUT2D eigenvalue weighted by molar-refractivity contribution is 5.43. The van der Waals surface area contributed by atoms with Crippen molar-refractivity contribution in [2.45, 2.75) is 37.8 Å². The molecule has 3 heteroatoms. The van der Waals surface area contributed by atoms with Crippen molar-refractivity contribution < 1.29 is 9.84 Å². The van der Waals surface area contributed by atoms with Crippen LogP contribution >= 0.6 is 0 Å². The van der Waals surface area contributed by atoms with Crippen LogP contribution in [0.3, 0.4) is 0 Å². The molecule has 0 spiro atoms. The maximum Gasteiger partial charge on any atom is 0.132 e. The molecule has 3 N–H and O–H groups in total. The molecule has 122 valence electrons. The van der Waals surface area contributed by atoms with Crippen LogP contribution < -0.4 is 10.5 Å². The van der Waals surface area contributed by atoms with Gasteiger partial charge in [0.05, 0.1) is 6.61 Å². The average molecular weight is 311 g/mol. The van der Waals surface area contributed by atoms with Crippen LogP contribution in [0.2, 0.25) is 0 Å². The van der Waals surface area contributed by atoms with E-state index >= 15 is 0 Å². The summed E-state index contributed by atoms with van der Waals surface area (Å²) < 4.78 is 5.86. The standard InChI is InChI=1S/C20H25NO2/c1-19(2,21)20(22,16-7-4-3-5-8-16)17-9-6-10-18(13-17)23-14-15-11-12-15/h3-10,13,15,22H,11-12,14,21H2,1-2H3. The van der Waals surface area contributed by atoms with E-state index in [1.807, 2.05) is 68.4 Å². The van der Waals surface area contributed by atoms with Crippen molar-refractivity contribution in [3.63, 3.8) is 0 Å². The predicted molar refractivity (Wildman–Crippen MR) is 92.4 cm³/mol. The van der Waals surface area contributed by atoms with E-state index in [9.17, 15) is 5.11 Å². The minimum atomic E-state index is -1.28. The number of hydrogen-bond acceptors (Lipinski definition) is 3. The minimum Gasteiger partial charge on any atom is -0.493 e. The molecule has 1 unspecified atom stereocenters. The Balaban J connectivity index is 1.98. The number of nitrogens with two attached hydrogens (primary N) is 1. The summed E-state index contributed by atoms with van der Waals surface area (Å²) in [5.41, 5.74) is 5.78. The summed E-state index contributed by atoms with van der Waals surface area (Å²) in [6, 6.07) is 17.2. The van der Waals surface area contributed by atoms with E-state index < -0.39 is 11.1 Å². The number of aliphatic hydroxyl groups is 1. The lowest BCUT2D eigenvalue weighted by Gasteiger charge is -2.41. The SMILES string of the molecule is CC(C)(N)C(O)(c1ccccc1)c1cccc(OCC2CC2)c1. The second-order valence-electron chi connectivity index (χ2n) is 7.08. The lowest BCUT2D eigenvalue weighted by molar-refractivity contribution is 0.0130. The van der Waals surface area contributed by atoms with Crippen LogP contribution in [0, 0.1) is 5.92 Å². The van der Waals surface area contributed by atoms with Crippen LogP contribution in [0.25, 0.3) is 0 Å². The van der Waals surface area contributed by atoms with Gasteiger partial charge in [0.1, 0.15) is 11.4 Å². The Morgan fingerprint density at radius 1 is 1.04 bits per heavy atom. The van der Waals surface area contributed by atoms with E-state index in [0.29, 0.717) is 5.92 Å². The molecule has 3 rings (SSSR count). The van der Waals surface area contributed by atoms with Gasteiger partial charge in [0.25, 0.3) is 0 Å². The van der Waals surface area contributed by atoms with Crippen LogP contribution in [-0.4, -0.2) is 17.3 Å². The molecule has 3 nitrogen and oxygen atoms in total. The summed E-state index contributed by atoms with van der Waals surface area (Å²) in [6.45, 7) is 4.44. The summed E-state index contributed by atoms with van der Waals surface area (Å²) in [5.74, 6) is 1.48. The van der Waals surface area contributed by atoms with Crippen molar-refractivity contribution in [1.29, 1.82) is 0 Å². The van der Waals surface area contributed by atoms with Gasteiger partial charge in [-0.15, -0.1) is 0 Å². The quantitative estimate of drug-likeness (QED) is 0.859. The Hall–Kier alpha value is -1.84. The van der Waals surface area contributed by atoms with Crippen LogP contribution in [0.4, 0.5) is 0 Å². The molecule has 2 aromatic rings. The Bertz CT molecular complexity index is 659. The summed E-state index contributed by atoms with van der Waals surface area (Å²) in [5, 5.41) is 11.5. The molecule has 0 heterocycles. The molecule has 1 aliphatic carbocycles. The largest absolute Gasteiger partial charge is 0.493 e. The van der Waals surface area contributed by atoms with Gasteiger partial charge >= 0.3 is 0 Å². The fourth-order valence-corrected chi connectivity index (χ4v) is 2.90. The Labute approximate surface area is 138 Å². The van der Waals surface area contributed by atoms with Gasteiger partial charge in [-0.05, 0) is 55.9 Å². The first kappa shape index (κ1) is 16.0. The van der Waals surface area contributed by atoms with Gasteiger partial charge in [0.15, 0.2) is 0 Å². The van der Waals surface area contributed by atoms with Crippen molar-refractivity contribution in [3.05, 3.63) is 65.7 Å². The number of rotatable bonds is 6. The van der Waals surface area contributed by atoms with E-state index in [4.69, 9.17) is 10.5 Å². The zero-order valence-electron chi connectivity index (χ0n) is 13.8. The molecule has 0 radical (unpaired) electrons. The summed E-state index contributed by atoms with van der Waals surface area (Å²) in [4.78, 5) is 0. The molecule has 23 heavy (non-hydrogen) atoms. The van der Waals surface area contributed by atoms with Crippen molar-refractivity contribution in [2.24, 2.45) is 11.7 Å². The van der Waals surface area contributed by atoms with Crippen molar-refractivity contribution in [3.8, 4) is 5.75 Å². The second-order valence-corrected chi connectivity index (χ2v) is 7.08. The van der Waals surface area contributed by atoms with E-state index in [2.05, 4.69) is 0 Å². The molecule has 0 bridgehead atoms. The molecule has 2 aromatic carbocycles. The average Bonchev–Trinajstić information content (AvgIpc) is 3.36. The Kier molecular flexibility index (Phi) is 4.17. The Morgan fingerprint density at radius 3 is 2.30 bits per heavy atom. The predicted octanol–water partition coefficient (Wildman–Crippen LogP) is 3.45. The van der Waals surface area contributed by atoms with E-state index in [0.717, 1.165) is 23.5 Å². The number of ether oxygens (including phenoxy) is 1. The third-order valence-corrected chi connectivity index (χ3v) is 4.56. The highest BCUT2D eigenvalue weighted by atomic mass is 16.5. The topological polar surface area (TPSA) is 55.5 Å². The second kappa shape index (κ2) is 5.99. The smallest absolute Gasteiger partial charge is 0.132 e. The highest BCUT2D eigenvalue weighted by Gasteiger charge is 2.44.